The fraction of sp³-hybridized carbons (Fsp3) is 0.625. The van der Waals surface area contributed by atoms with Crippen LogP contribution >= 0.6 is 15.9 Å². The minimum Gasteiger partial charge on any atom is -0.379 e. The van der Waals surface area contributed by atoms with Crippen molar-refractivity contribution in [2.45, 2.75) is 45.9 Å². The zero-order valence-electron chi connectivity index (χ0n) is 12.9. The second kappa shape index (κ2) is 9.50. The first-order valence-corrected chi connectivity index (χ1v) is 8.04. The van der Waals surface area contributed by atoms with Crippen LogP contribution in [0.15, 0.2) is 28.7 Å². The SMILES string of the molecule is CCOCC(C)OC(CNC(C)C)c1cccc(Br)c1. The van der Waals surface area contributed by atoms with Gasteiger partial charge in [-0.2, -0.15) is 0 Å². The van der Waals surface area contributed by atoms with E-state index in [1.807, 2.05) is 19.1 Å². The molecule has 0 spiro atoms. The number of rotatable bonds is 9. The van der Waals surface area contributed by atoms with E-state index in [9.17, 15) is 0 Å². The molecule has 1 aromatic rings. The lowest BCUT2D eigenvalue weighted by Gasteiger charge is -2.24. The number of ether oxygens (including phenoxy) is 2. The van der Waals surface area contributed by atoms with E-state index < -0.39 is 0 Å². The van der Waals surface area contributed by atoms with Crippen molar-refractivity contribution in [2.24, 2.45) is 0 Å². The van der Waals surface area contributed by atoms with Crippen molar-refractivity contribution in [3.63, 3.8) is 0 Å². The molecule has 0 amide bonds. The first-order chi connectivity index (χ1) is 9.52. The summed E-state index contributed by atoms with van der Waals surface area (Å²) in [6.45, 7) is 10.5. The summed E-state index contributed by atoms with van der Waals surface area (Å²) in [6, 6.07) is 8.72. The Hall–Kier alpha value is -0.420. The third-order valence-corrected chi connectivity index (χ3v) is 3.38. The molecule has 0 aliphatic rings. The third-order valence-electron chi connectivity index (χ3n) is 2.89. The maximum absolute atomic E-state index is 6.14. The van der Waals surface area contributed by atoms with Gasteiger partial charge in [0.15, 0.2) is 0 Å². The van der Waals surface area contributed by atoms with E-state index in [2.05, 4.69) is 54.2 Å². The second-order valence-electron chi connectivity index (χ2n) is 5.21. The highest BCUT2D eigenvalue weighted by atomic mass is 79.9. The first kappa shape index (κ1) is 17.6. The molecule has 114 valence electrons. The Morgan fingerprint density at radius 1 is 1.25 bits per heavy atom. The van der Waals surface area contributed by atoms with Crippen LogP contribution in [0, 0.1) is 0 Å². The van der Waals surface area contributed by atoms with Gasteiger partial charge in [0.25, 0.3) is 0 Å². The van der Waals surface area contributed by atoms with Crippen LogP contribution in [0.3, 0.4) is 0 Å². The van der Waals surface area contributed by atoms with Crippen LogP contribution in [-0.4, -0.2) is 31.9 Å². The van der Waals surface area contributed by atoms with Gasteiger partial charge in [0.05, 0.1) is 18.8 Å². The molecule has 1 rings (SSSR count). The summed E-state index contributed by atoms with van der Waals surface area (Å²) >= 11 is 3.52. The maximum Gasteiger partial charge on any atom is 0.0954 e. The quantitative estimate of drug-likeness (QED) is 0.736. The van der Waals surface area contributed by atoms with Crippen molar-refractivity contribution in [3.05, 3.63) is 34.3 Å². The van der Waals surface area contributed by atoms with Crippen LogP contribution in [0.1, 0.15) is 39.4 Å². The van der Waals surface area contributed by atoms with E-state index in [0.29, 0.717) is 12.6 Å². The Labute approximate surface area is 131 Å². The van der Waals surface area contributed by atoms with Crippen molar-refractivity contribution in [3.8, 4) is 0 Å². The summed E-state index contributed by atoms with van der Waals surface area (Å²) in [5.41, 5.74) is 1.18. The van der Waals surface area contributed by atoms with Crippen molar-refractivity contribution in [1.82, 2.24) is 5.32 Å². The molecule has 0 aliphatic carbocycles. The van der Waals surface area contributed by atoms with Gasteiger partial charge in [-0.15, -0.1) is 0 Å². The highest BCUT2D eigenvalue weighted by Crippen LogP contribution is 2.22. The molecule has 20 heavy (non-hydrogen) atoms. The predicted molar refractivity (Wildman–Crippen MR) is 87.1 cm³/mol. The van der Waals surface area contributed by atoms with Crippen LogP contribution in [0.2, 0.25) is 0 Å². The van der Waals surface area contributed by atoms with Gasteiger partial charge in [0.1, 0.15) is 0 Å². The molecule has 0 fully saturated rings. The molecule has 2 atom stereocenters. The Morgan fingerprint density at radius 3 is 2.60 bits per heavy atom. The zero-order chi connectivity index (χ0) is 15.0. The van der Waals surface area contributed by atoms with Gasteiger partial charge in [0, 0.05) is 23.7 Å². The number of benzene rings is 1. The molecule has 1 aromatic carbocycles. The topological polar surface area (TPSA) is 30.5 Å². The summed E-state index contributed by atoms with van der Waals surface area (Å²) < 4.78 is 12.6. The normalized spacial score (nSPS) is 14.5. The van der Waals surface area contributed by atoms with Gasteiger partial charge in [-0.05, 0) is 31.5 Å². The van der Waals surface area contributed by atoms with Crippen molar-refractivity contribution in [2.75, 3.05) is 19.8 Å². The van der Waals surface area contributed by atoms with E-state index in [1.54, 1.807) is 0 Å². The fourth-order valence-electron chi connectivity index (χ4n) is 1.90. The Morgan fingerprint density at radius 2 is 2.00 bits per heavy atom. The maximum atomic E-state index is 6.14. The minimum atomic E-state index is 0.0327. The molecule has 0 aliphatic heterocycles. The standard InChI is InChI=1S/C16H26BrNO2/c1-5-19-11-13(4)20-16(10-18-12(2)3)14-7-6-8-15(17)9-14/h6-9,12-13,16,18H,5,10-11H2,1-4H3. The monoisotopic (exact) mass is 343 g/mol. The van der Waals surface area contributed by atoms with Gasteiger partial charge < -0.3 is 14.8 Å². The molecule has 2 unspecified atom stereocenters. The highest BCUT2D eigenvalue weighted by Gasteiger charge is 2.16. The molecule has 0 radical (unpaired) electrons. The number of nitrogens with one attached hydrogen (secondary N) is 1. The average molecular weight is 344 g/mol. The summed E-state index contributed by atoms with van der Waals surface area (Å²) in [4.78, 5) is 0. The largest absolute Gasteiger partial charge is 0.379 e. The summed E-state index contributed by atoms with van der Waals surface area (Å²) in [6.07, 6.45) is 0.109. The predicted octanol–water partition coefficient (Wildman–Crippen LogP) is 3.93. The lowest BCUT2D eigenvalue weighted by atomic mass is 10.1. The molecule has 0 bridgehead atoms. The highest BCUT2D eigenvalue weighted by molar-refractivity contribution is 9.10. The smallest absolute Gasteiger partial charge is 0.0954 e. The summed E-state index contributed by atoms with van der Waals surface area (Å²) in [5, 5.41) is 3.44. The summed E-state index contributed by atoms with van der Waals surface area (Å²) in [7, 11) is 0. The Kier molecular flexibility index (Phi) is 8.38. The molecule has 0 aromatic heterocycles. The molecule has 3 nitrogen and oxygen atoms in total. The average Bonchev–Trinajstić information content (AvgIpc) is 2.41. The lowest BCUT2D eigenvalue weighted by molar-refractivity contribution is -0.0475. The number of halogens is 1. The van der Waals surface area contributed by atoms with Gasteiger partial charge >= 0.3 is 0 Å². The van der Waals surface area contributed by atoms with Crippen molar-refractivity contribution < 1.29 is 9.47 Å². The van der Waals surface area contributed by atoms with E-state index in [1.165, 1.54) is 5.56 Å². The van der Waals surface area contributed by atoms with Crippen LogP contribution in [0.4, 0.5) is 0 Å². The van der Waals surface area contributed by atoms with E-state index in [-0.39, 0.29) is 12.2 Å². The van der Waals surface area contributed by atoms with Crippen molar-refractivity contribution in [1.29, 1.82) is 0 Å². The number of hydrogen-bond acceptors (Lipinski definition) is 3. The third kappa shape index (κ3) is 6.84. The molecular weight excluding hydrogens is 318 g/mol. The Bertz CT molecular complexity index is 384. The van der Waals surface area contributed by atoms with Gasteiger partial charge in [-0.25, -0.2) is 0 Å². The van der Waals surface area contributed by atoms with Crippen LogP contribution in [0.5, 0.6) is 0 Å². The molecule has 4 heteroatoms. The van der Waals surface area contributed by atoms with Gasteiger partial charge in [0.2, 0.25) is 0 Å². The lowest BCUT2D eigenvalue weighted by Crippen LogP contribution is -2.31. The van der Waals surface area contributed by atoms with Crippen LogP contribution < -0.4 is 5.32 Å². The van der Waals surface area contributed by atoms with Crippen LogP contribution in [0.25, 0.3) is 0 Å². The molecule has 0 saturated heterocycles. The number of hydrogen-bond donors (Lipinski definition) is 1. The second-order valence-corrected chi connectivity index (χ2v) is 6.13. The van der Waals surface area contributed by atoms with Gasteiger partial charge in [-0.3, -0.25) is 0 Å². The van der Waals surface area contributed by atoms with E-state index in [0.717, 1.165) is 17.6 Å². The molecule has 1 N–H and O–H groups in total. The van der Waals surface area contributed by atoms with Gasteiger partial charge in [-0.1, -0.05) is 41.9 Å². The Balaban J connectivity index is 2.69. The molecule has 0 saturated carbocycles. The molecule has 0 heterocycles. The minimum absolute atomic E-state index is 0.0327. The van der Waals surface area contributed by atoms with E-state index in [4.69, 9.17) is 9.47 Å². The van der Waals surface area contributed by atoms with Crippen LogP contribution in [-0.2, 0) is 9.47 Å². The zero-order valence-corrected chi connectivity index (χ0v) is 14.4. The van der Waals surface area contributed by atoms with Crippen molar-refractivity contribution >= 4 is 15.9 Å². The summed E-state index contributed by atoms with van der Waals surface area (Å²) in [5.74, 6) is 0. The first-order valence-electron chi connectivity index (χ1n) is 7.25. The molecular formula is C16H26BrNO2. The fourth-order valence-corrected chi connectivity index (χ4v) is 2.31. The van der Waals surface area contributed by atoms with E-state index >= 15 is 0 Å².